The van der Waals surface area contributed by atoms with Gasteiger partial charge in [0.25, 0.3) is 0 Å². The van der Waals surface area contributed by atoms with Crippen LogP contribution in [-0.4, -0.2) is 5.71 Å². The van der Waals surface area contributed by atoms with E-state index in [0.717, 1.165) is 73.2 Å². The van der Waals surface area contributed by atoms with Crippen LogP contribution in [0.4, 0.5) is 15.8 Å². The van der Waals surface area contributed by atoms with E-state index in [-0.39, 0.29) is 11.9 Å². The molecule has 3 N–H and O–H groups in total. The molecule has 3 nitrogen and oxygen atoms in total. The maximum Gasteiger partial charge on any atom is 0.123 e. The summed E-state index contributed by atoms with van der Waals surface area (Å²) in [4.78, 5) is 5.14. The van der Waals surface area contributed by atoms with Crippen molar-refractivity contribution in [2.75, 3.05) is 5.32 Å². The first-order valence-electron chi connectivity index (χ1n) is 13.6. The summed E-state index contributed by atoms with van der Waals surface area (Å²) in [6, 6.07) is 12.9. The molecule has 0 amide bonds. The maximum absolute atomic E-state index is 13.6. The molecule has 0 radical (unpaired) electrons. The molecule has 0 saturated heterocycles. The summed E-state index contributed by atoms with van der Waals surface area (Å²) in [7, 11) is 0. The highest BCUT2D eigenvalue weighted by molar-refractivity contribution is 5.99. The smallest absolute Gasteiger partial charge is 0.123 e. The van der Waals surface area contributed by atoms with Crippen LogP contribution in [0.5, 0.6) is 0 Å². The fourth-order valence-corrected chi connectivity index (χ4v) is 4.78. The van der Waals surface area contributed by atoms with E-state index in [2.05, 4.69) is 87.5 Å². The Morgan fingerprint density at radius 2 is 1.92 bits per heavy atom. The number of nitrogens with zero attached hydrogens (tertiary/aromatic N) is 1. The molecule has 0 spiro atoms. The molecule has 2 unspecified atom stereocenters. The molecular formula is C34H42FN3. The van der Waals surface area contributed by atoms with E-state index in [1.807, 2.05) is 12.1 Å². The van der Waals surface area contributed by atoms with E-state index < -0.39 is 5.54 Å². The van der Waals surface area contributed by atoms with E-state index >= 15 is 0 Å². The molecule has 0 bridgehead atoms. The monoisotopic (exact) mass is 511 g/mol. The number of fused-ring (bicyclic) bond motifs is 1. The lowest BCUT2D eigenvalue weighted by atomic mass is 9.86. The highest BCUT2D eigenvalue weighted by Gasteiger charge is 2.27. The van der Waals surface area contributed by atoms with Gasteiger partial charge in [-0.3, -0.25) is 4.99 Å². The molecule has 1 aliphatic heterocycles. The number of benzene rings is 2. The topological polar surface area (TPSA) is 50.4 Å². The Balaban J connectivity index is 0.00000195. The normalized spacial score (nSPS) is 17.8. The Kier molecular flexibility index (Phi) is 10.6. The number of nitrogens with one attached hydrogen (secondary N) is 1. The molecule has 0 fully saturated rings. The van der Waals surface area contributed by atoms with Gasteiger partial charge < -0.3 is 11.1 Å². The largest absolute Gasteiger partial charge is 0.371 e. The van der Waals surface area contributed by atoms with Crippen LogP contribution < -0.4 is 11.1 Å². The Morgan fingerprint density at radius 3 is 2.58 bits per heavy atom. The minimum atomic E-state index is -0.577. The van der Waals surface area contributed by atoms with Gasteiger partial charge in [0.2, 0.25) is 0 Å². The molecule has 2 aromatic rings. The summed E-state index contributed by atoms with van der Waals surface area (Å²) >= 11 is 0. The van der Waals surface area contributed by atoms with E-state index in [1.54, 1.807) is 0 Å². The highest BCUT2D eigenvalue weighted by atomic mass is 19.1. The average Bonchev–Trinajstić information content (AvgIpc) is 2.95. The maximum atomic E-state index is 13.6. The van der Waals surface area contributed by atoms with Crippen molar-refractivity contribution < 1.29 is 4.39 Å². The number of unbranched alkanes of at least 4 members (excludes halogenated alkanes) is 1. The number of hydrogen-bond donors (Lipinski definition) is 2. The first-order valence-corrected chi connectivity index (χ1v) is 13.6. The van der Waals surface area contributed by atoms with Gasteiger partial charge in [-0.2, -0.15) is 0 Å². The van der Waals surface area contributed by atoms with Gasteiger partial charge in [-0.25, -0.2) is 4.39 Å². The van der Waals surface area contributed by atoms with Crippen LogP contribution in [0.2, 0.25) is 0 Å². The number of allylic oxidation sites excluding steroid dienone is 6. The van der Waals surface area contributed by atoms with Gasteiger partial charge in [0.1, 0.15) is 5.82 Å². The Morgan fingerprint density at radius 1 is 1.16 bits per heavy atom. The summed E-state index contributed by atoms with van der Waals surface area (Å²) < 4.78 is 13.6. The fourth-order valence-electron chi connectivity index (χ4n) is 4.78. The zero-order valence-electron chi connectivity index (χ0n) is 23.0. The number of aliphatic imine (C=N–C) groups is 1. The molecule has 2 aliphatic rings. The Hall–Kier alpha value is -3.50. The van der Waals surface area contributed by atoms with Crippen LogP contribution in [0, 0.1) is 5.82 Å². The summed E-state index contributed by atoms with van der Waals surface area (Å²) in [5, 5.41) is 3.67. The number of nitrogens with two attached hydrogens (primary N) is 1. The lowest BCUT2D eigenvalue weighted by Gasteiger charge is -2.30. The van der Waals surface area contributed by atoms with Crippen molar-refractivity contribution in [3.8, 4) is 0 Å². The molecule has 2 atom stereocenters. The third-order valence-electron chi connectivity index (χ3n) is 7.10. The SMILES string of the molecule is C=C.C=C(C)CCCCC1=Nc2cc(C(N)(/C=C\C3=CCCC=C3)CC)ccc2NC1c1ccc(F)cc1. The van der Waals surface area contributed by atoms with Crippen molar-refractivity contribution in [3.63, 3.8) is 0 Å². The molecule has 0 aromatic heterocycles. The third-order valence-corrected chi connectivity index (χ3v) is 7.10. The predicted molar refractivity (Wildman–Crippen MR) is 163 cm³/mol. The second kappa shape index (κ2) is 13.9. The standard InChI is InChI=1S/C32H38FN3.C2H4/c1-4-32(34,21-20-24-11-6-5-7-12-24)26-16-19-28-30(22-26)35-29(13-9-8-10-23(2)3)31(36-28)25-14-17-27(33)18-15-25;1-2/h6,11-12,14-22,31,36H,2,4-5,7-10,13,34H2,1,3H3;1-2H2/b21-20-;. The zero-order valence-corrected chi connectivity index (χ0v) is 23.0. The van der Waals surface area contributed by atoms with Crippen molar-refractivity contribution in [1.29, 1.82) is 0 Å². The van der Waals surface area contributed by atoms with E-state index in [0.29, 0.717) is 0 Å². The van der Waals surface area contributed by atoms with Crippen LogP contribution in [-0.2, 0) is 5.54 Å². The van der Waals surface area contributed by atoms with E-state index in [9.17, 15) is 4.39 Å². The average molecular weight is 512 g/mol. The van der Waals surface area contributed by atoms with Gasteiger partial charge in [0, 0.05) is 5.71 Å². The predicted octanol–water partition coefficient (Wildman–Crippen LogP) is 9.40. The van der Waals surface area contributed by atoms with Crippen LogP contribution >= 0.6 is 0 Å². The van der Waals surface area contributed by atoms with Crippen molar-refractivity contribution >= 4 is 17.1 Å². The number of rotatable bonds is 10. The van der Waals surface area contributed by atoms with Crippen LogP contribution in [0.15, 0.2) is 109 Å². The summed E-state index contributed by atoms with van der Waals surface area (Å²) in [6.45, 7) is 14.2. The van der Waals surface area contributed by atoms with E-state index in [4.69, 9.17) is 10.7 Å². The van der Waals surface area contributed by atoms with E-state index in [1.165, 1.54) is 23.3 Å². The summed E-state index contributed by atoms with van der Waals surface area (Å²) in [5.74, 6) is -0.231. The molecule has 4 rings (SSSR count). The van der Waals surface area contributed by atoms with Gasteiger partial charge in [-0.15, -0.1) is 19.7 Å². The van der Waals surface area contributed by atoms with Gasteiger partial charge in [-0.1, -0.05) is 61.1 Å². The summed E-state index contributed by atoms with van der Waals surface area (Å²) in [5.41, 5.74) is 13.8. The molecule has 38 heavy (non-hydrogen) atoms. The minimum absolute atomic E-state index is 0.0764. The molecule has 1 aliphatic carbocycles. The van der Waals surface area contributed by atoms with Crippen LogP contribution in [0.25, 0.3) is 0 Å². The summed E-state index contributed by atoms with van der Waals surface area (Å²) in [6.07, 6.45) is 17.8. The quantitative estimate of drug-likeness (QED) is 0.246. The van der Waals surface area contributed by atoms with Gasteiger partial charge in [0.15, 0.2) is 0 Å². The van der Waals surface area contributed by atoms with Crippen molar-refractivity contribution in [1.82, 2.24) is 0 Å². The number of halogens is 1. The second-order valence-corrected chi connectivity index (χ2v) is 10.0. The van der Waals surface area contributed by atoms with Gasteiger partial charge >= 0.3 is 0 Å². The minimum Gasteiger partial charge on any atom is -0.371 e. The lowest BCUT2D eigenvalue weighted by molar-refractivity contribution is 0.540. The van der Waals surface area contributed by atoms with Crippen molar-refractivity contribution in [2.24, 2.45) is 10.7 Å². The van der Waals surface area contributed by atoms with Crippen molar-refractivity contribution in [2.45, 2.75) is 70.4 Å². The second-order valence-electron chi connectivity index (χ2n) is 10.0. The molecule has 4 heteroatoms. The Bertz CT molecular complexity index is 1220. The zero-order chi connectivity index (χ0) is 27.5. The van der Waals surface area contributed by atoms with Gasteiger partial charge in [0.05, 0.1) is 23.0 Å². The molecule has 0 saturated carbocycles. The Labute approximate surface area is 228 Å². The lowest BCUT2D eigenvalue weighted by Crippen LogP contribution is -2.33. The van der Waals surface area contributed by atoms with Gasteiger partial charge in [-0.05, 0) is 92.8 Å². The van der Waals surface area contributed by atoms with Crippen molar-refractivity contribution in [3.05, 3.63) is 121 Å². The molecule has 200 valence electrons. The van der Waals surface area contributed by atoms with Crippen LogP contribution in [0.1, 0.15) is 76.0 Å². The molecule has 2 aromatic carbocycles. The first kappa shape index (κ1) is 29.1. The first-order chi connectivity index (χ1) is 18.4. The molecular weight excluding hydrogens is 469 g/mol. The van der Waals surface area contributed by atoms with Crippen LogP contribution in [0.3, 0.4) is 0 Å². The molecule has 1 heterocycles. The highest BCUT2D eigenvalue weighted by Crippen LogP contribution is 2.39. The third kappa shape index (κ3) is 7.52. The fraction of sp³-hybridized carbons (Fsp3) is 0.324. The number of anilines is 1. The number of hydrogen-bond acceptors (Lipinski definition) is 3.